The Morgan fingerprint density at radius 3 is 2.31 bits per heavy atom. The highest BCUT2D eigenvalue weighted by Crippen LogP contribution is 2.36. The van der Waals surface area contributed by atoms with Crippen LogP contribution in [0.2, 0.25) is 0 Å². The molecule has 0 unspecified atom stereocenters. The van der Waals surface area contributed by atoms with E-state index in [-0.39, 0.29) is 6.42 Å². The van der Waals surface area contributed by atoms with Crippen LogP contribution in [0.3, 0.4) is 0 Å². The highest BCUT2D eigenvalue weighted by molar-refractivity contribution is 5.69. The summed E-state index contributed by atoms with van der Waals surface area (Å²) in [6, 6.07) is 0. The molecular weight excluding hydrogens is 432 g/mol. The Kier molecular flexibility index (Phi) is 10.4. The standard InChI is InChI=1S/C20H34O12/c1-2-3-4-5-6-7-13(23)29-9-12-14(24)16(26)17(27)19(30-12)32-20(10-22)18(28)15(25)11(8-21)31-20/h2-3,11-12,14-19,21-22,24-28H,4-10H2,1H3/t11-,12-,14-,15-,16+,17-,18+,19-,20+/m1/s1. The van der Waals surface area contributed by atoms with Gasteiger partial charge in [0, 0.05) is 6.42 Å². The lowest BCUT2D eigenvalue weighted by Gasteiger charge is -2.43. The van der Waals surface area contributed by atoms with Crippen molar-refractivity contribution in [2.24, 2.45) is 0 Å². The molecule has 2 rings (SSSR count). The molecule has 32 heavy (non-hydrogen) atoms. The maximum absolute atomic E-state index is 11.9. The Hall–Kier alpha value is -1.19. The van der Waals surface area contributed by atoms with Gasteiger partial charge in [0.15, 0.2) is 6.29 Å². The molecule has 0 bridgehead atoms. The Morgan fingerprint density at radius 1 is 1.00 bits per heavy atom. The van der Waals surface area contributed by atoms with Gasteiger partial charge in [-0.05, 0) is 26.2 Å². The molecule has 0 saturated carbocycles. The third-order valence-corrected chi connectivity index (χ3v) is 5.54. The molecule has 0 aliphatic carbocycles. The van der Waals surface area contributed by atoms with Crippen molar-refractivity contribution >= 4 is 5.97 Å². The number of carbonyl (C=O) groups excluding carboxylic acids is 1. The summed E-state index contributed by atoms with van der Waals surface area (Å²) < 4.78 is 21.1. The second kappa shape index (κ2) is 12.3. The first-order valence-corrected chi connectivity index (χ1v) is 10.6. The summed E-state index contributed by atoms with van der Waals surface area (Å²) in [6.07, 6.45) is -6.65. The van der Waals surface area contributed by atoms with Gasteiger partial charge in [-0.15, -0.1) is 0 Å². The molecule has 2 fully saturated rings. The number of rotatable bonds is 11. The number of allylic oxidation sites excluding steroid dienone is 2. The molecule has 7 N–H and O–H groups in total. The molecule has 0 aromatic carbocycles. The molecule has 9 atom stereocenters. The monoisotopic (exact) mass is 466 g/mol. The van der Waals surface area contributed by atoms with Crippen molar-refractivity contribution in [3.63, 3.8) is 0 Å². The summed E-state index contributed by atoms with van der Waals surface area (Å²) in [4.78, 5) is 11.9. The zero-order valence-electron chi connectivity index (χ0n) is 17.9. The van der Waals surface area contributed by atoms with Crippen molar-refractivity contribution in [1.82, 2.24) is 0 Å². The fourth-order valence-corrected chi connectivity index (χ4v) is 3.56. The van der Waals surface area contributed by atoms with Gasteiger partial charge in [-0.3, -0.25) is 4.79 Å². The lowest BCUT2D eigenvalue weighted by Crippen LogP contribution is -2.62. The third-order valence-electron chi connectivity index (χ3n) is 5.54. The molecule has 2 heterocycles. The highest BCUT2D eigenvalue weighted by Gasteiger charge is 2.58. The fraction of sp³-hybridized carbons (Fsp3) is 0.850. The second-order valence-corrected chi connectivity index (χ2v) is 7.87. The van der Waals surface area contributed by atoms with E-state index in [0.29, 0.717) is 6.42 Å². The van der Waals surface area contributed by atoms with Crippen LogP contribution in [-0.2, 0) is 23.7 Å². The van der Waals surface area contributed by atoms with E-state index in [1.54, 1.807) is 0 Å². The number of hydrogen-bond acceptors (Lipinski definition) is 12. The van der Waals surface area contributed by atoms with E-state index in [9.17, 15) is 40.5 Å². The van der Waals surface area contributed by atoms with Crippen molar-refractivity contribution in [1.29, 1.82) is 0 Å². The normalized spacial score (nSPS) is 40.1. The van der Waals surface area contributed by atoms with Crippen LogP contribution in [0, 0.1) is 0 Å². The van der Waals surface area contributed by atoms with Crippen LogP contribution in [-0.4, -0.2) is 116 Å². The van der Waals surface area contributed by atoms with Gasteiger partial charge in [-0.25, -0.2) is 0 Å². The predicted molar refractivity (Wildman–Crippen MR) is 106 cm³/mol. The Bertz CT molecular complexity index is 615. The van der Waals surface area contributed by atoms with Crippen molar-refractivity contribution in [2.45, 2.75) is 87.4 Å². The average molecular weight is 466 g/mol. The van der Waals surface area contributed by atoms with Gasteiger partial charge in [0.05, 0.1) is 6.61 Å². The molecule has 0 amide bonds. The molecular formula is C20H34O12. The van der Waals surface area contributed by atoms with Crippen LogP contribution in [0.4, 0.5) is 0 Å². The Labute approximate surface area is 185 Å². The van der Waals surface area contributed by atoms with E-state index in [2.05, 4.69) is 0 Å². The summed E-state index contributed by atoms with van der Waals surface area (Å²) in [5.74, 6) is -2.80. The number of aliphatic hydroxyl groups is 7. The molecule has 12 nitrogen and oxygen atoms in total. The molecule has 0 aromatic rings. The van der Waals surface area contributed by atoms with Crippen LogP contribution in [0.15, 0.2) is 12.2 Å². The molecule has 186 valence electrons. The smallest absolute Gasteiger partial charge is 0.305 e. The van der Waals surface area contributed by atoms with Gasteiger partial charge in [0.1, 0.15) is 55.9 Å². The van der Waals surface area contributed by atoms with Crippen molar-refractivity contribution < 1.29 is 59.5 Å². The van der Waals surface area contributed by atoms with Gasteiger partial charge >= 0.3 is 5.97 Å². The van der Waals surface area contributed by atoms with Crippen molar-refractivity contribution in [3.8, 4) is 0 Å². The number of aliphatic hydroxyl groups excluding tert-OH is 7. The molecule has 0 aromatic heterocycles. The third kappa shape index (κ3) is 6.23. The number of hydrogen-bond donors (Lipinski definition) is 7. The highest BCUT2D eigenvalue weighted by atomic mass is 16.8. The first kappa shape index (κ1) is 27.1. The zero-order chi connectivity index (χ0) is 23.9. The van der Waals surface area contributed by atoms with Gasteiger partial charge in [0.2, 0.25) is 5.79 Å². The fourth-order valence-electron chi connectivity index (χ4n) is 3.56. The first-order valence-electron chi connectivity index (χ1n) is 10.6. The Morgan fingerprint density at radius 2 is 1.72 bits per heavy atom. The predicted octanol–water partition coefficient (Wildman–Crippen LogP) is -2.71. The topological polar surface area (TPSA) is 196 Å². The van der Waals surface area contributed by atoms with Crippen LogP contribution < -0.4 is 0 Å². The van der Waals surface area contributed by atoms with E-state index >= 15 is 0 Å². The SMILES string of the molecule is CC=CCCCCC(=O)OC[C@H]1O[C@H](O[C@]2(CO)O[C@H](CO)[C@@H](O)[C@@H]2O)[C@H](O)[C@@H](O)[C@@H]1O. The number of unbranched alkanes of at least 4 members (excludes halogenated alkanes) is 2. The van der Waals surface area contributed by atoms with Crippen LogP contribution in [0.1, 0.15) is 32.6 Å². The number of carbonyl (C=O) groups is 1. The van der Waals surface area contributed by atoms with Gasteiger partial charge in [0.25, 0.3) is 0 Å². The lowest BCUT2D eigenvalue weighted by molar-refractivity contribution is -0.383. The first-order chi connectivity index (χ1) is 15.2. The second-order valence-electron chi connectivity index (χ2n) is 7.87. The maximum atomic E-state index is 11.9. The molecule has 2 saturated heterocycles. The lowest BCUT2D eigenvalue weighted by atomic mass is 9.99. The van der Waals surface area contributed by atoms with Crippen LogP contribution in [0.5, 0.6) is 0 Å². The van der Waals surface area contributed by atoms with Crippen LogP contribution >= 0.6 is 0 Å². The molecule has 2 aliphatic rings. The summed E-state index contributed by atoms with van der Waals surface area (Å²) in [6.45, 7) is -0.219. The maximum Gasteiger partial charge on any atom is 0.305 e. The zero-order valence-corrected chi connectivity index (χ0v) is 17.9. The molecule has 12 heteroatoms. The minimum Gasteiger partial charge on any atom is -0.463 e. The van der Waals surface area contributed by atoms with E-state index in [1.165, 1.54) is 0 Å². The quantitative estimate of drug-likeness (QED) is 0.0946. The summed E-state index contributed by atoms with van der Waals surface area (Å²) in [7, 11) is 0. The molecule has 0 radical (unpaired) electrons. The van der Waals surface area contributed by atoms with E-state index in [0.717, 1.165) is 12.8 Å². The minimum absolute atomic E-state index is 0.152. The van der Waals surface area contributed by atoms with E-state index in [4.69, 9.17) is 18.9 Å². The largest absolute Gasteiger partial charge is 0.463 e. The Balaban J connectivity index is 1.97. The number of ether oxygens (including phenoxy) is 4. The molecule has 2 aliphatic heterocycles. The van der Waals surface area contributed by atoms with Crippen molar-refractivity contribution in [3.05, 3.63) is 12.2 Å². The molecule has 0 spiro atoms. The van der Waals surface area contributed by atoms with Gasteiger partial charge in [-0.2, -0.15) is 0 Å². The van der Waals surface area contributed by atoms with Gasteiger partial charge in [-0.1, -0.05) is 12.2 Å². The summed E-state index contributed by atoms with van der Waals surface area (Å²) >= 11 is 0. The number of esters is 1. The average Bonchev–Trinajstić information content (AvgIpc) is 3.03. The van der Waals surface area contributed by atoms with E-state index in [1.807, 2.05) is 19.1 Å². The summed E-state index contributed by atoms with van der Waals surface area (Å²) in [5, 5.41) is 69.7. The van der Waals surface area contributed by atoms with Gasteiger partial charge < -0.3 is 54.7 Å². The van der Waals surface area contributed by atoms with Crippen LogP contribution in [0.25, 0.3) is 0 Å². The summed E-state index contributed by atoms with van der Waals surface area (Å²) in [5.41, 5.74) is 0. The van der Waals surface area contributed by atoms with E-state index < -0.39 is 80.6 Å². The van der Waals surface area contributed by atoms with Crippen molar-refractivity contribution in [2.75, 3.05) is 19.8 Å². The minimum atomic E-state index is -2.27.